The van der Waals surface area contributed by atoms with Crippen LogP contribution in [0.15, 0.2) is 61.3 Å². The van der Waals surface area contributed by atoms with Crippen LogP contribution in [0.2, 0.25) is 0 Å². The molecule has 1 aromatic carbocycles. The van der Waals surface area contributed by atoms with Gasteiger partial charge in [-0.1, -0.05) is 12.1 Å². The van der Waals surface area contributed by atoms with E-state index in [-0.39, 0.29) is 0 Å². The first-order valence-corrected chi connectivity index (χ1v) is 6.66. The minimum absolute atomic E-state index is 0.746. The van der Waals surface area contributed by atoms with Crippen molar-refractivity contribution in [3.63, 3.8) is 0 Å². The lowest BCUT2D eigenvalue weighted by Crippen LogP contribution is -2.01. The molecule has 0 spiro atoms. The van der Waals surface area contributed by atoms with Gasteiger partial charge < -0.3 is 10.1 Å². The lowest BCUT2D eigenvalue weighted by Gasteiger charge is -2.08. The molecule has 0 fully saturated rings. The third-order valence-electron chi connectivity index (χ3n) is 3.17. The van der Waals surface area contributed by atoms with Crippen LogP contribution in [0.1, 0.15) is 5.56 Å². The van der Waals surface area contributed by atoms with E-state index in [4.69, 9.17) is 4.74 Å². The van der Waals surface area contributed by atoms with Crippen LogP contribution < -0.4 is 10.1 Å². The molecule has 106 valence electrons. The van der Waals surface area contributed by atoms with Crippen molar-refractivity contribution in [3.8, 4) is 11.6 Å². The summed E-state index contributed by atoms with van der Waals surface area (Å²) in [4.78, 5) is 8.41. The molecular weight excluding hydrogens is 264 g/mol. The van der Waals surface area contributed by atoms with Crippen molar-refractivity contribution in [1.82, 2.24) is 14.5 Å². The molecule has 0 radical (unpaired) electrons. The van der Waals surface area contributed by atoms with E-state index >= 15 is 0 Å². The summed E-state index contributed by atoms with van der Waals surface area (Å²) in [6.45, 7) is 0.746. The highest BCUT2D eigenvalue weighted by Crippen LogP contribution is 2.14. The molecule has 0 unspecified atom stereocenters. The van der Waals surface area contributed by atoms with Crippen LogP contribution >= 0.6 is 0 Å². The van der Waals surface area contributed by atoms with E-state index in [1.54, 1.807) is 19.6 Å². The Labute approximate surface area is 123 Å². The molecule has 5 nitrogen and oxygen atoms in total. The Morgan fingerprint density at radius 3 is 2.62 bits per heavy atom. The molecule has 1 N–H and O–H groups in total. The Kier molecular flexibility index (Phi) is 3.82. The molecule has 0 aliphatic rings. The Morgan fingerprint density at radius 2 is 2.00 bits per heavy atom. The Balaban J connectivity index is 1.62. The molecular formula is C16H16N4O. The Bertz CT molecular complexity index is 675. The number of benzene rings is 1. The fourth-order valence-corrected chi connectivity index (χ4v) is 1.99. The van der Waals surface area contributed by atoms with E-state index in [0.29, 0.717) is 0 Å². The number of hydrogen-bond donors (Lipinski definition) is 1. The van der Waals surface area contributed by atoms with E-state index in [1.165, 1.54) is 5.56 Å². The quantitative estimate of drug-likeness (QED) is 0.780. The van der Waals surface area contributed by atoms with Crippen molar-refractivity contribution in [2.75, 3.05) is 12.4 Å². The maximum absolute atomic E-state index is 5.14. The zero-order chi connectivity index (χ0) is 14.5. The van der Waals surface area contributed by atoms with E-state index in [2.05, 4.69) is 15.3 Å². The number of rotatable bonds is 5. The lowest BCUT2D eigenvalue weighted by molar-refractivity contribution is 0.414. The maximum atomic E-state index is 5.14. The standard InChI is InChI=1S/C16H16N4O/c1-21-15-5-2-13(3-6-15)10-18-14-4-7-16(19-11-14)20-9-8-17-12-20/h2-9,11-12,18H,10H2,1H3. The number of ether oxygens (including phenoxy) is 1. The summed E-state index contributed by atoms with van der Waals surface area (Å²) in [5, 5.41) is 3.34. The zero-order valence-electron chi connectivity index (χ0n) is 11.7. The van der Waals surface area contributed by atoms with Gasteiger partial charge in [-0.3, -0.25) is 4.57 Å². The second kappa shape index (κ2) is 6.09. The third kappa shape index (κ3) is 3.20. The Hall–Kier alpha value is -2.82. The molecule has 0 saturated heterocycles. The predicted octanol–water partition coefficient (Wildman–Crippen LogP) is 2.89. The second-order valence-electron chi connectivity index (χ2n) is 4.58. The number of nitrogens with one attached hydrogen (secondary N) is 1. The number of aromatic nitrogens is 3. The first kappa shape index (κ1) is 13.2. The van der Waals surface area contributed by atoms with Crippen molar-refractivity contribution in [3.05, 3.63) is 66.9 Å². The number of anilines is 1. The highest BCUT2D eigenvalue weighted by atomic mass is 16.5. The molecule has 2 aromatic heterocycles. The normalized spacial score (nSPS) is 10.3. The highest BCUT2D eigenvalue weighted by molar-refractivity contribution is 5.44. The molecule has 0 aliphatic heterocycles. The lowest BCUT2D eigenvalue weighted by atomic mass is 10.2. The van der Waals surface area contributed by atoms with Crippen molar-refractivity contribution in [2.24, 2.45) is 0 Å². The van der Waals surface area contributed by atoms with Crippen LogP contribution in [0, 0.1) is 0 Å². The number of hydrogen-bond acceptors (Lipinski definition) is 4. The van der Waals surface area contributed by atoms with Gasteiger partial charge >= 0.3 is 0 Å². The molecule has 3 rings (SSSR count). The van der Waals surface area contributed by atoms with Crippen LogP contribution in [-0.4, -0.2) is 21.6 Å². The van der Waals surface area contributed by atoms with Gasteiger partial charge in [0.1, 0.15) is 17.9 Å². The molecule has 2 heterocycles. The van der Waals surface area contributed by atoms with Gasteiger partial charge in [-0.15, -0.1) is 0 Å². The van der Waals surface area contributed by atoms with E-state index < -0.39 is 0 Å². The van der Waals surface area contributed by atoms with Crippen molar-refractivity contribution >= 4 is 5.69 Å². The second-order valence-corrected chi connectivity index (χ2v) is 4.58. The van der Waals surface area contributed by atoms with Crippen LogP contribution in [0.5, 0.6) is 5.75 Å². The van der Waals surface area contributed by atoms with Gasteiger partial charge in [0.2, 0.25) is 0 Å². The number of nitrogens with zero attached hydrogens (tertiary/aromatic N) is 3. The molecule has 0 bridgehead atoms. The average Bonchev–Trinajstić information content (AvgIpc) is 3.08. The van der Waals surface area contributed by atoms with E-state index in [0.717, 1.165) is 23.8 Å². The summed E-state index contributed by atoms with van der Waals surface area (Å²) < 4.78 is 7.01. The number of imidazole rings is 1. The van der Waals surface area contributed by atoms with Crippen molar-refractivity contribution in [2.45, 2.75) is 6.54 Å². The van der Waals surface area contributed by atoms with E-state index in [9.17, 15) is 0 Å². The number of methoxy groups -OCH3 is 1. The van der Waals surface area contributed by atoms with Gasteiger partial charge in [0.05, 0.1) is 19.0 Å². The predicted molar refractivity (Wildman–Crippen MR) is 81.7 cm³/mol. The molecule has 21 heavy (non-hydrogen) atoms. The topological polar surface area (TPSA) is 52.0 Å². The molecule has 3 aromatic rings. The molecule has 5 heteroatoms. The molecule has 0 saturated carbocycles. The summed E-state index contributed by atoms with van der Waals surface area (Å²) in [5.41, 5.74) is 2.17. The van der Waals surface area contributed by atoms with Crippen molar-refractivity contribution < 1.29 is 4.74 Å². The first-order valence-electron chi connectivity index (χ1n) is 6.66. The SMILES string of the molecule is COc1ccc(CNc2ccc(-n3ccnc3)nc2)cc1. The monoisotopic (exact) mass is 280 g/mol. The van der Waals surface area contributed by atoms with Gasteiger partial charge in [-0.05, 0) is 29.8 Å². The fraction of sp³-hybridized carbons (Fsp3) is 0.125. The minimum atomic E-state index is 0.746. The zero-order valence-corrected chi connectivity index (χ0v) is 11.7. The summed E-state index contributed by atoms with van der Waals surface area (Å²) in [7, 11) is 1.67. The van der Waals surface area contributed by atoms with Gasteiger partial charge in [-0.25, -0.2) is 9.97 Å². The van der Waals surface area contributed by atoms with Crippen LogP contribution in [0.3, 0.4) is 0 Å². The van der Waals surface area contributed by atoms with Gasteiger partial charge in [0.15, 0.2) is 0 Å². The Morgan fingerprint density at radius 1 is 1.14 bits per heavy atom. The van der Waals surface area contributed by atoms with E-state index in [1.807, 2.05) is 53.4 Å². The maximum Gasteiger partial charge on any atom is 0.137 e. The molecule has 0 aliphatic carbocycles. The van der Waals surface area contributed by atoms with Crippen molar-refractivity contribution in [1.29, 1.82) is 0 Å². The fourth-order valence-electron chi connectivity index (χ4n) is 1.99. The molecule has 0 atom stereocenters. The summed E-state index contributed by atoms with van der Waals surface area (Å²) >= 11 is 0. The third-order valence-corrected chi connectivity index (χ3v) is 3.17. The first-order chi connectivity index (χ1) is 10.3. The van der Waals surface area contributed by atoms with Crippen LogP contribution in [0.25, 0.3) is 5.82 Å². The van der Waals surface area contributed by atoms with Gasteiger partial charge in [-0.2, -0.15) is 0 Å². The minimum Gasteiger partial charge on any atom is -0.497 e. The van der Waals surface area contributed by atoms with Gasteiger partial charge in [0.25, 0.3) is 0 Å². The molecule has 0 amide bonds. The smallest absolute Gasteiger partial charge is 0.137 e. The largest absolute Gasteiger partial charge is 0.497 e. The van der Waals surface area contributed by atoms with Crippen LogP contribution in [-0.2, 0) is 6.54 Å². The summed E-state index contributed by atoms with van der Waals surface area (Å²) in [6.07, 6.45) is 7.15. The van der Waals surface area contributed by atoms with Crippen LogP contribution in [0.4, 0.5) is 5.69 Å². The summed E-state index contributed by atoms with van der Waals surface area (Å²) in [5.74, 6) is 1.72. The highest BCUT2D eigenvalue weighted by Gasteiger charge is 1.99. The number of pyridine rings is 1. The summed E-state index contributed by atoms with van der Waals surface area (Å²) in [6, 6.07) is 12.0. The average molecular weight is 280 g/mol. The van der Waals surface area contributed by atoms with Gasteiger partial charge in [0, 0.05) is 18.9 Å².